The summed E-state index contributed by atoms with van der Waals surface area (Å²) in [7, 11) is 5.67. The number of fused-ring (bicyclic) bond motifs is 1. The molecule has 162 valence electrons. The number of carbonyl (C=O) groups excluding carboxylic acids is 1. The molecule has 1 aromatic heterocycles. The summed E-state index contributed by atoms with van der Waals surface area (Å²) in [5, 5.41) is 0.725. The third kappa shape index (κ3) is 5.31. The number of nitrogens with zero attached hydrogens (tertiary/aromatic N) is 3. The summed E-state index contributed by atoms with van der Waals surface area (Å²) in [5.41, 5.74) is 5.43. The molecule has 1 heterocycles. The van der Waals surface area contributed by atoms with Crippen molar-refractivity contribution < 1.29 is 9.53 Å². The van der Waals surface area contributed by atoms with Gasteiger partial charge in [0, 0.05) is 13.1 Å². The van der Waals surface area contributed by atoms with Crippen LogP contribution in [0.5, 0.6) is 5.75 Å². The molecule has 0 unspecified atom stereocenters. The first-order valence-corrected chi connectivity index (χ1v) is 10.6. The number of ether oxygens (including phenoxy) is 1. The number of aryl methyl sites for hydroxylation is 3. The summed E-state index contributed by atoms with van der Waals surface area (Å²) >= 11 is 1.55. The molecule has 0 saturated carbocycles. The van der Waals surface area contributed by atoms with E-state index in [0.29, 0.717) is 13.0 Å². The lowest BCUT2D eigenvalue weighted by Gasteiger charge is -2.22. The van der Waals surface area contributed by atoms with Gasteiger partial charge in [0.1, 0.15) is 11.3 Å². The molecule has 0 N–H and O–H groups in total. The Morgan fingerprint density at radius 3 is 2.37 bits per heavy atom. The fourth-order valence-corrected chi connectivity index (χ4v) is 4.28. The van der Waals surface area contributed by atoms with E-state index in [1.165, 1.54) is 11.1 Å². The van der Waals surface area contributed by atoms with Crippen LogP contribution in [0.15, 0.2) is 30.3 Å². The van der Waals surface area contributed by atoms with Crippen LogP contribution in [0.2, 0.25) is 0 Å². The van der Waals surface area contributed by atoms with Crippen LogP contribution in [0.4, 0.5) is 5.13 Å². The molecule has 30 heavy (non-hydrogen) atoms. The van der Waals surface area contributed by atoms with Gasteiger partial charge in [-0.1, -0.05) is 35.6 Å². The number of likely N-dealkylation sites (N-methyl/N-ethyl adjacent to an activating group) is 1. The van der Waals surface area contributed by atoms with Crippen LogP contribution < -0.4 is 9.64 Å². The molecule has 5 nitrogen and oxygen atoms in total. The number of thiazole rings is 1. The van der Waals surface area contributed by atoms with E-state index in [2.05, 4.69) is 37.8 Å². The van der Waals surface area contributed by atoms with Crippen LogP contribution in [0.25, 0.3) is 10.2 Å². The van der Waals surface area contributed by atoms with Gasteiger partial charge in [-0.05, 0) is 63.2 Å². The Bertz CT molecular complexity index is 1030. The molecule has 7 heteroatoms. The Morgan fingerprint density at radius 2 is 1.73 bits per heavy atom. The van der Waals surface area contributed by atoms with E-state index in [0.717, 1.165) is 38.8 Å². The van der Waals surface area contributed by atoms with E-state index in [1.807, 2.05) is 37.2 Å². The van der Waals surface area contributed by atoms with Gasteiger partial charge in [-0.25, -0.2) is 4.98 Å². The fraction of sp³-hybridized carbons (Fsp3) is 0.391. The van der Waals surface area contributed by atoms with E-state index in [9.17, 15) is 4.79 Å². The Hall–Kier alpha value is -2.15. The van der Waals surface area contributed by atoms with Crippen molar-refractivity contribution in [3.8, 4) is 5.75 Å². The smallest absolute Gasteiger partial charge is 0.233 e. The van der Waals surface area contributed by atoms with Gasteiger partial charge in [-0.2, -0.15) is 0 Å². The molecule has 0 atom stereocenters. The number of hydrogen-bond acceptors (Lipinski definition) is 5. The van der Waals surface area contributed by atoms with Gasteiger partial charge < -0.3 is 9.64 Å². The van der Waals surface area contributed by atoms with E-state index in [4.69, 9.17) is 9.72 Å². The number of aromatic nitrogens is 1. The van der Waals surface area contributed by atoms with Gasteiger partial charge in [-0.3, -0.25) is 9.69 Å². The Morgan fingerprint density at radius 1 is 1.03 bits per heavy atom. The average Bonchev–Trinajstić information content (AvgIpc) is 3.11. The second-order valence-electron chi connectivity index (χ2n) is 7.70. The van der Waals surface area contributed by atoms with E-state index >= 15 is 0 Å². The van der Waals surface area contributed by atoms with Crippen molar-refractivity contribution in [2.45, 2.75) is 27.2 Å². The molecule has 0 fully saturated rings. The highest BCUT2D eigenvalue weighted by atomic mass is 35.5. The molecule has 0 aliphatic rings. The van der Waals surface area contributed by atoms with Gasteiger partial charge in [0.2, 0.25) is 5.91 Å². The van der Waals surface area contributed by atoms with Crippen LogP contribution in [-0.4, -0.2) is 50.1 Å². The predicted molar refractivity (Wildman–Crippen MR) is 129 cm³/mol. The van der Waals surface area contributed by atoms with Crippen LogP contribution in [0.1, 0.15) is 22.3 Å². The second kappa shape index (κ2) is 10.2. The minimum atomic E-state index is 0. The fourth-order valence-electron chi connectivity index (χ4n) is 3.19. The topological polar surface area (TPSA) is 45.7 Å². The number of rotatable bonds is 7. The lowest BCUT2D eigenvalue weighted by Crippen LogP contribution is -2.37. The Kier molecular flexibility index (Phi) is 8.24. The van der Waals surface area contributed by atoms with Crippen molar-refractivity contribution in [2.24, 2.45) is 0 Å². The molecule has 0 saturated heterocycles. The highest BCUT2D eigenvalue weighted by molar-refractivity contribution is 7.22. The molecule has 3 rings (SSSR count). The number of benzene rings is 2. The van der Waals surface area contributed by atoms with Gasteiger partial charge in [-0.15, -0.1) is 12.4 Å². The zero-order valence-electron chi connectivity index (χ0n) is 18.5. The summed E-state index contributed by atoms with van der Waals surface area (Å²) in [6, 6.07) is 10.2. The Balaban J connectivity index is 0.00000320. The minimum absolute atomic E-state index is 0. The minimum Gasteiger partial charge on any atom is -0.494 e. The molecular formula is C23H30ClN3O2S. The summed E-state index contributed by atoms with van der Waals surface area (Å²) in [6.45, 7) is 7.59. The molecule has 3 aromatic rings. The van der Waals surface area contributed by atoms with Gasteiger partial charge in [0.05, 0.1) is 18.2 Å². The second-order valence-corrected chi connectivity index (χ2v) is 8.68. The van der Waals surface area contributed by atoms with Crippen molar-refractivity contribution in [3.63, 3.8) is 0 Å². The highest BCUT2D eigenvalue weighted by Crippen LogP contribution is 2.36. The first kappa shape index (κ1) is 24.1. The average molecular weight is 448 g/mol. The zero-order chi connectivity index (χ0) is 21.1. The van der Waals surface area contributed by atoms with Crippen molar-refractivity contribution in [2.75, 3.05) is 39.2 Å². The SMILES string of the molecule is COc1ccc(C)c2sc(N(CCN(C)C)C(=O)Cc3ccc(C)c(C)c3)nc12.Cl. The van der Waals surface area contributed by atoms with Crippen molar-refractivity contribution in [1.82, 2.24) is 9.88 Å². The van der Waals surface area contributed by atoms with Crippen LogP contribution in [0.3, 0.4) is 0 Å². The summed E-state index contributed by atoms with van der Waals surface area (Å²) < 4.78 is 6.55. The van der Waals surface area contributed by atoms with E-state index in [-0.39, 0.29) is 18.3 Å². The first-order chi connectivity index (χ1) is 13.8. The van der Waals surface area contributed by atoms with Crippen LogP contribution >= 0.6 is 23.7 Å². The largest absolute Gasteiger partial charge is 0.494 e. The first-order valence-electron chi connectivity index (χ1n) is 9.75. The van der Waals surface area contributed by atoms with Crippen molar-refractivity contribution >= 4 is 45.0 Å². The van der Waals surface area contributed by atoms with Crippen molar-refractivity contribution in [1.29, 1.82) is 0 Å². The zero-order valence-corrected chi connectivity index (χ0v) is 20.1. The summed E-state index contributed by atoms with van der Waals surface area (Å²) in [4.78, 5) is 22.0. The number of carbonyl (C=O) groups is 1. The number of methoxy groups -OCH3 is 1. The maximum atomic E-state index is 13.3. The molecule has 0 aliphatic heterocycles. The lowest BCUT2D eigenvalue weighted by molar-refractivity contribution is -0.118. The van der Waals surface area contributed by atoms with E-state index < -0.39 is 0 Å². The van der Waals surface area contributed by atoms with Gasteiger partial charge in [0.25, 0.3) is 0 Å². The van der Waals surface area contributed by atoms with E-state index in [1.54, 1.807) is 18.4 Å². The van der Waals surface area contributed by atoms with Gasteiger partial charge in [0.15, 0.2) is 5.13 Å². The standard InChI is InChI=1S/C23H29N3O2S.ClH/c1-15-7-9-18(13-17(15)3)14-20(27)26(12-11-25(4)5)23-24-21-19(28-6)10-8-16(2)22(21)29-23;/h7-10,13H,11-12,14H2,1-6H3;1H. The van der Waals surface area contributed by atoms with Gasteiger partial charge >= 0.3 is 0 Å². The van der Waals surface area contributed by atoms with Crippen molar-refractivity contribution in [3.05, 3.63) is 52.6 Å². The van der Waals surface area contributed by atoms with Crippen LogP contribution in [-0.2, 0) is 11.2 Å². The molecule has 1 amide bonds. The number of halogens is 1. The normalized spacial score (nSPS) is 10.9. The Labute approximate surface area is 189 Å². The maximum absolute atomic E-state index is 13.3. The quantitative estimate of drug-likeness (QED) is 0.522. The molecular weight excluding hydrogens is 418 g/mol. The highest BCUT2D eigenvalue weighted by Gasteiger charge is 2.22. The molecule has 0 bridgehead atoms. The maximum Gasteiger partial charge on any atom is 0.233 e. The predicted octanol–water partition coefficient (Wildman–Crippen LogP) is 4.79. The summed E-state index contributed by atoms with van der Waals surface area (Å²) in [6.07, 6.45) is 0.362. The molecule has 0 spiro atoms. The summed E-state index contributed by atoms with van der Waals surface area (Å²) in [5.74, 6) is 0.799. The molecule has 0 radical (unpaired) electrons. The number of amides is 1. The lowest BCUT2D eigenvalue weighted by atomic mass is 10.0. The monoisotopic (exact) mass is 447 g/mol. The van der Waals surface area contributed by atoms with Crippen LogP contribution in [0, 0.1) is 20.8 Å². The number of anilines is 1. The third-order valence-corrected chi connectivity index (χ3v) is 6.36. The molecule has 0 aliphatic carbocycles. The number of hydrogen-bond donors (Lipinski definition) is 0. The third-order valence-electron chi connectivity index (χ3n) is 5.14. The molecule has 2 aromatic carbocycles.